The molecule has 2 aromatic carbocycles. The Morgan fingerprint density at radius 2 is 1.93 bits per heavy atom. The predicted molar refractivity (Wildman–Crippen MR) is 108 cm³/mol. The molecule has 142 valence electrons. The Balaban J connectivity index is 1.71. The van der Waals surface area contributed by atoms with Crippen molar-refractivity contribution in [3.05, 3.63) is 59.7 Å². The monoisotopic (exact) mass is 392 g/mol. The summed E-state index contributed by atoms with van der Waals surface area (Å²) in [6.07, 6.45) is 0. The molecule has 0 bridgehead atoms. The molecule has 0 saturated carbocycles. The minimum atomic E-state index is -0.426. The van der Waals surface area contributed by atoms with Crippen LogP contribution in [0.25, 0.3) is 5.69 Å². The number of anilines is 1. The number of amides is 1. The van der Waals surface area contributed by atoms with Gasteiger partial charge in [-0.15, -0.1) is 5.10 Å². The largest absolute Gasteiger partial charge is 0.325 e. The zero-order chi connectivity index (χ0) is 20.1. The molecular weight excluding hydrogens is 372 g/mol. The second-order valence-corrected chi connectivity index (χ2v) is 7.87. The zero-order valence-electron chi connectivity index (χ0n) is 15.8. The van der Waals surface area contributed by atoms with E-state index in [1.54, 1.807) is 35.9 Å². The third-order valence-corrected chi connectivity index (χ3v) is 5.19. The van der Waals surface area contributed by atoms with Gasteiger partial charge in [-0.2, -0.15) is 9.94 Å². The number of carbonyl (C=O) groups is 1. The molecule has 1 aromatic heterocycles. The molecule has 0 fully saturated rings. The van der Waals surface area contributed by atoms with Gasteiger partial charge in [-0.05, 0) is 59.2 Å². The van der Waals surface area contributed by atoms with E-state index < -0.39 is 5.25 Å². The topological polar surface area (TPSA) is 96.5 Å². The maximum absolute atomic E-state index is 12.5. The third-order valence-electron chi connectivity index (χ3n) is 4.16. The summed E-state index contributed by atoms with van der Waals surface area (Å²) in [6.45, 7) is 6.06. The van der Waals surface area contributed by atoms with Gasteiger partial charge >= 0.3 is 0 Å². The second kappa shape index (κ2) is 8.67. The van der Waals surface area contributed by atoms with Crippen molar-refractivity contribution in [3.8, 4) is 11.8 Å². The standard InChI is InChI=1S/C20H20N6OS/c1-13(2)16-7-9-18(10-8-16)26-20(23-24-25-26)28-14(3)19(27)22-17-6-4-5-15(11-17)12-21/h4-11,13-14H,1-3H3,(H,22,27)/t14-/m0/s1. The minimum Gasteiger partial charge on any atom is -0.325 e. The molecule has 7 nitrogen and oxygen atoms in total. The SMILES string of the molecule is CC(C)c1ccc(-n2nnnc2S[C@@H](C)C(=O)Nc2cccc(C#N)c2)cc1. The fourth-order valence-electron chi connectivity index (χ4n) is 2.54. The third kappa shape index (κ3) is 4.56. The van der Waals surface area contributed by atoms with Gasteiger partial charge in [0, 0.05) is 5.69 Å². The number of carbonyl (C=O) groups excluding carboxylic acids is 1. The molecule has 1 N–H and O–H groups in total. The molecule has 28 heavy (non-hydrogen) atoms. The normalized spacial score (nSPS) is 11.8. The number of hydrogen-bond donors (Lipinski definition) is 1. The first kappa shape index (κ1) is 19.6. The molecule has 0 radical (unpaired) electrons. The number of tetrazole rings is 1. The summed E-state index contributed by atoms with van der Waals surface area (Å²) < 4.78 is 1.62. The van der Waals surface area contributed by atoms with Crippen LogP contribution >= 0.6 is 11.8 Å². The smallest absolute Gasteiger partial charge is 0.237 e. The quantitative estimate of drug-likeness (QED) is 0.641. The first-order valence-corrected chi connectivity index (χ1v) is 9.72. The van der Waals surface area contributed by atoms with Gasteiger partial charge < -0.3 is 5.32 Å². The molecule has 1 atom stereocenters. The molecule has 1 heterocycles. The highest BCUT2D eigenvalue weighted by Gasteiger charge is 2.19. The fraction of sp³-hybridized carbons (Fsp3) is 0.250. The molecule has 1 amide bonds. The van der Waals surface area contributed by atoms with Gasteiger partial charge in [0.2, 0.25) is 11.1 Å². The summed E-state index contributed by atoms with van der Waals surface area (Å²) in [5.41, 5.74) is 3.15. The van der Waals surface area contributed by atoms with Crippen LogP contribution in [0.15, 0.2) is 53.7 Å². The Bertz CT molecular complexity index is 1010. The van der Waals surface area contributed by atoms with E-state index in [0.29, 0.717) is 22.3 Å². The van der Waals surface area contributed by atoms with Gasteiger partial charge in [0.15, 0.2) is 0 Å². The molecule has 3 rings (SSSR count). The highest BCUT2D eigenvalue weighted by atomic mass is 32.2. The van der Waals surface area contributed by atoms with Crippen molar-refractivity contribution >= 4 is 23.4 Å². The molecule has 0 unspecified atom stereocenters. The van der Waals surface area contributed by atoms with Crippen LogP contribution in [0, 0.1) is 11.3 Å². The van der Waals surface area contributed by atoms with Crippen LogP contribution < -0.4 is 5.32 Å². The van der Waals surface area contributed by atoms with Gasteiger partial charge in [-0.1, -0.05) is 43.8 Å². The summed E-state index contributed by atoms with van der Waals surface area (Å²) in [6, 6.07) is 16.9. The number of nitriles is 1. The van der Waals surface area contributed by atoms with Crippen molar-refractivity contribution in [3.63, 3.8) is 0 Å². The Hall–Kier alpha value is -3.18. The van der Waals surface area contributed by atoms with E-state index in [-0.39, 0.29) is 5.91 Å². The van der Waals surface area contributed by atoms with Crippen LogP contribution in [-0.4, -0.2) is 31.4 Å². The average molecular weight is 392 g/mol. The number of thioether (sulfide) groups is 1. The molecule has 0 aliphatic carbocycles. The van der Waals surface area contributed by atoms with E-state index >= 15 is 0 Å². The average Bonchev–Trinajstić information content (AvgIpc) is 3.16. The molecule has 0 aliphatic rings. The van der Waals surface area contributed by atoms with E-state index in [4.69, 9.17) is 5.26 Å². The molecule has 8 heteroatoms. The Labute approximate surface area is 167 Å². The first-order valence-electron chi connectivity index (χ1n) is 8.84. The lowest BCUT2D eigenvalue weighted by molar-refractivity contribution is -0.115. The molecule has 0 saturated heterocycles. The van der Waals surface area contributed by atoms with E-state index in [2.05, 4.69) is 52.9 Å². The van der Waals surface area contributed by atoms with Crippen molar-refractivity contribution < 1.29 is 4.79 Å². The highest BCUT2D eigenvalue weighted by molar-refractivity contribution is 8.00. The van der Waals surface area contributed by atoms with Crippen LogP contribution in [0.3, 0.4) is 0 Å². The number of hydrogen-bond acceptors (Lipinski definition) is 6. The van der Waals surface area contributed by atoms with Crippen LogP contribution in [0.5, 0.6) is 0 Å². The summed E-state index contributed by atoms with van der Waals surface area (Å²) in [4.78, 5) is 12.5. The van der Waals surface area contributed by atoms with E-state index in [9.17, 15) is 4.79 Å². The zero-order valence-corrected chi connectivity index (χ0v) is 16.6. The Morgan fingerprint density at radius 1 is 1.18 bits per heavy atom. The predicted octanol–water partition coefficient (Wildman–Crippen LogP) is 3.78. The van der Waals surface area contributed by atoms with E-state index in [0.717, 1.165) is 5.69 Å². The Kier molecular flexibility index (Phi) is 6.06. The van der Waals surface area contributed by atoms with E-state index in [1.807, 2.05) is 12.1 Å². The number of benzene rings is 2. The summed E-state index contributed by atoms with van der Waals surface area (Å²) in [7, 11) is 0. The number of nitrogens with zero attached hydrogens (tertiary/aromatic N) is 5. The van der Waals surface area contributed by atoms with Crippen molar-refractivity contribution in [2.45, 2.75) is 37.1 Å². The van der Waals surface area contributed by atoms with Gasteiger partial charge in [0.05, 0.1) is 22.6 Å². The summed E-state index contributed by atoms with van der Waals surface area (Å²) in [5.74, 6) is 0.254. The van der Waals surface area contributed by atoms with Gasteiger partial charge in [-0.3, -0.25) is 4.79 Å². The van der Waals surface area contributed by atoms with Crippen molar-refractivity contribution in [1.82, 2.24) is 20.2 Å². The summed E-state index contributed by atoms with van der Waals surface area (Å²) >= 11 is 1.27. The highest BCUT2D eigenvalue weighted by Crippen LogP contribution is 2.25. The maximum Gasteiger partial charge on any atom is 0.237 e. The summed E-state index contributed by atoms with van der Waals surface area (Å²) in [5, 5.41) is 23.7. The van der Waals surface area contributed by atoms with Crippen LogP contribution in [0.4, 0.5) is 5.69 Å². The number of aromatic nitrogens is 4. The van der Waals surface area contributed by atoms with Crippen molar-refractivity contribution in [2.75, 3.05) is 5.32 Å². The molecular formula is C20H20N6OS. The second-order valence-electron chi connectivity index (χ2n) is 6.56. The molecule has 3 aromatic rings. The minimum absolute atomic E-state index is 0.190. The lowest BCUT2D eigenvalue weighted by atomic mass is 10.0. The molecule has 0 spiro atoms. The number of nitrogens with one attached hydrogen (secondary N) is 1. The van der Waals surface area contributed by atoms with Crippen LogP contribution in [0.1, 0.15) is 37.8 Å². The van der Waals surface area contributed by atoms with Crippen molar-refractivity contribution in [2.24, 2.45) is 0 Å². The van der Waals surface area contributed by atoms with Crippen LogP contribution in [0.2, 0.25) is 0 Å². The van der Waals surface area contributed by atoms with Gasteiger partial charge in [-0.25, -0.2) is 0 Å². The Morgan fingerprint density at radius 3 is 2.61 bits per heavy atom. The van der Waals surface area contributed by atoms with E-state index in [1.165, 1.54) is 17.3 Å². The van der Waals surface area contributed by atoms with Crippen LogP contribution in [-0.2, 0) is 4.79 Å². The lowest BCUT2D eigenvalue weighted by Gasteiger charge is -2.12. The fourth-order valence-corrected chi connectivity index (χ4v) is 3.34. The first-order chi connectivity index (χ1) is 13.5. The molecule has 0 aliphatic heterocycles. The number of rotatable bonds is 6. The van der Waals surface area contributed by atoms with Crippen molar-refractivity contribution in [1.29, 1.82) is 5.26 Å². The lowest BCUT2D eigenvalue weighted by Crippen LogP contribution is -2.23. The maximum atomic E-state index is 12.5. The van der Waals surface area contributed by atoms with Gasteiger partial charge in [0.25, 0.3) is 0 Å². The van der Waals surface area contributed by atoms with Gasteiger partial charge in [0.1, 0.15) is 0 Å².